The van der Waals surface area contributed by atoms with Gasteiger partial charge in [0.25, 0.3) is 5.91 Å². The molecule has 0 aliphatic carbocycles. The molecular weight excluding hydrogens is 674 g/mol. The fourth-order valence-electron chi connectivity index (χ4n) is 6.40. The standard InChI is InChI=1S/C41H73N5O7/c1-11-12-17-42-39(49)34(30(4)5)26-36(47)35(44-40(50)53-41(6,7)8)25-32(29(2)3)27-43-38(48)33-16-15-31(28-46-20-18-45(9)19-21-46)24-37(33)52-23-14-13-22-51-10/h15-16,24,29-30,32,34-36,47H,11-14,17-23,25-28H2,1-10H3,(H,42,49)(H,43,48)(H,44,50). The van der Waals surface area contributed by atoms with Gasteiger partial charge < -0.3 is 40.2 Å². The summed E-state index contributed by atoms with van der Waals surface area (Å²) in [4.78, 5) is 44.7. The van der Waals surface area contributed by atoms with E-state index in [0.29, 0.717) is 44.0 Å². The summed E-state index contributed by atoms with van der Waals surface area (Å²) in [5.74, 6) is -0.237. The quantitative estimate of drug-likeness (QED) is 0.107. The first-order valence-electron chi connectivity index (χ1n) is 19.9. The molecule has 1 aliphatic heterocycles. The molecule has 0 aromatic heterocycles. The van der Waals surface area contributed by atoms with Gasteiger partial charge in [0.15, 0.2) is 0 Å². The molecule has 12 heteroatoms. The third-order valence-electron chi connectivity index (χ3n) is 9.95. The highest BCUT2D eigenvalue weighted by Crippen LogP contribution is 2.26. The number of piperazine rings is 1. The number of aliphatic hydroxyl groups is 1. The Morgan fingerprint density at radius 2 is 1.60 bits per heavy atom. The molecule has 4 unspecified atom stereocenters. The van der Waals surface area contributed by atoms with Crippen LogP contribution in [0.3, 0.4) is 0 Å². The minimum absolute atomic E-state index is 0.0158. The van der Waals surface area contributed by atoms with Crippen LogP contribution in [0.1, 0.15) is 110 Å². The molecule has 1 heterocycles. The van der Waals surface area contributed by atoms with Gasteiger partial charge in [0, 0.05) is 65.4 Å². The molecule has 1 saturated heterocycles. The van der Waals surface area contributed by atoms with Crippen LogP contribution in [-0.2, 0) is 20.8 Å². The maximum atomic E-state index is 13.8. The van der Waals surface area contributed by atoms with Crippen LogP contribution in [0, 0.1) is 23.7 Å². The van der Waals surface area contributed by atoms with Crippen molar-refractivity contribution in [2.24, 2.45) is 23.7 Å². The highest BCUT2D eigenvalue weighted by molar-refractivity contribution is 5.97. The minimum atomic E-state index is -1.02. The summed E-state index contributed by atoms with van der Waals surface area (Å²) in [5.41, 5.74) is 0.842. The van der Waals surface area contributed by atoms with Gasteiger partial charge in [0.2, 0.25) is 5.91 Å². The van der Waals surface area contributed by atoms with E-state index in [9.17, 15) is 19.5 Å². The van der Waals surface area contributed by atoms with Crippen molar-refractivity contribution in [1.82, 2.24) is 25.8 Å². The van der Waals surface area contributed by atoms with Crippen molar-refractivity contribution in [1.29, 1.82) is 0 Å². The van der Waals surface area contributed by atoms with Gasteiger partial charge in [-0.05, 0) is 95.4 Å². The van der Waals surface area contributed by atoms with E-state index in [4.69, 9.17) is 14.2 Å². The Kier molecular flexibility index (Phi) is 20.7. The van der Waals surface area contributed by atoms with E-state index in [2.05, 4.69) is 53.6 Å². The predicted molar refractivity (Wildman–Crippen MR) is 211 cm³/mol. The molecule has 0 radical (unpaired) electrons. The number of carbonyl (C=O) groups excluding carboxylic acids is 3. The number of nitrogens with one attached hydrogen (secondary N) is 3. The second-order valence-corrected chi connectivity index (χ2v) is 16.5. The lowest BCUT2D eigenvalue weighted by Gasteiger charge is -2.33. The highest BCUT2D eigenvalue weighted by Gasteiger charge is 2.33. The molecule has 3 amide bonds. The van der Waals surface area contributed by atoms with Gasteiger partial charge in [-0.1, -0.05) is 47.1 Å². The molecule has 1 aromatic rings. The van der Waals surface area contributed by atoms with Gasteiger partial charge in [-0.2, -0.15) is 0 Å². The molecule has 4 N–H and O–H groups in total. The molecule has 0 bridgehead atoms. The van der Waals surface area contributed by atoms with Crippen LogP contribution in [0.15, 0.2) is 18.2 Å². The number of rotatable bonds is 23. The summed E-state index contributed by atoms with van der Waals surface area (Å²) in [7, 11) is 3.82. The summed E-state index contributed by atoms with van der Waals surface area (Å²) in [6.45, 7) is 22.3. The van der Waals surface area contributed by atoms with Gasteiger partial charge in [0.1, 0.15) is 11.4 Å². The number of benzene rings is 1. The molecule has 2 rings (SSSR count). The molecule has 4 atom stereocenters. The van der Waals surface area contributed by atoms with Crippen molar-refractivity contribution in [2.75, 3.05) is 66.6 Å². The monoisotopic (exact) mass is 748 g/mol. The molecule has 1 fully saturated rings. The van der Waals surface area contributed by atoms with Crippen molar-refractivity contribution in [3.63, 3.8) is 0 Å². The van der Waals surface area contributed by atoms with Crippen molar-refractivity contribution >= 4 is 17.9 Å². The molecular formula is C41H73N5O7. The van der Waals surface area contributed by atoms with Gasteiger partial charge in [0.05, 0.1) is 24.3 Å². The SMILES string of the molecule is CCCCNC(=O)C(CC(O)C(CC(CNC(=O)c1ccc(CN2CCN(C)CC2)cc1OCCCCOC)C(C)C)NC(=O)OC(C)(C)C)C(C)C. The lowest BCUT2D eigenvalue weighted by Crippen LogP contribution is -2.49. The Morgan fingerprint density at radius 1 is 0.925 bits per heavy atom. The first-order chi connectivity index (χ1) is 25.0. The lowest BCUT2D eigenvalue weighted by molar-refractivity contribution is -0.127. The third-order valence-corrected chi connectivity index (χ3v) is 9.95. The summed E-state index contributed by atoms with van der Waals surface area (Å²) in [6.07, 6.45) is 2.41. The van der Waals surface area contributed by atoms with Crippen molar-refractivity contribution < 1.29 is 33.7 Å². The largest absolute Gasteiger partial charge is 0.493 e. The van der Waals surface area contributed by atoms with Gasteiger partial charge in [-0.15, -0.1) is 0 Å². The Labute approximate surface area is 320 Å². The van der Waals surface area contributed by atoms with Crippen LogP contribution >= 0.6 is 0 Å². The second kappa shape index (κ2) is 23.8. The van der Waals surface area contributed by atoms with Crippen LogP contribution in [0.5, 0.6) is 5.75 Å². The number of alkyl carbamates (subject to hydrolysis) is 1. The summed E-state index contributed by atoms with van der Waals surface area (Å²) in [5, 5.41) is 20.7. The third kappa shape index (κ3) is 17.8. The van der Waals surface area contributed by atoms with Crippen LogP contribution in [0.2, 0.25) is 0 Å². The number of amides is 3. The van der Waals surface area contributed by atoms with E-state index in [0.717, 1.165) is 64.0 Å². The number of nitrogens with zero attached hydrogens (tertiary/aromatic N) is 2. The van der Waals surface area contributed by atoms with Crippen LogP contribution < -0.4 is 20.7 Å². The fourth-order valence-corrected chi connectivity index (χ4v) is 6.40. The Bertz CT molecular complexity index is 1230. The minimum Gasteiger partial charge on any atom is -0.493 e. The summed E-state index contributed by atoms with van der Waals surface area (Å²) < 4.78 is 17.0. The summed E-state index contributed by atoms with van der Waals surface area (Å²) >= 11 is 0. The Hall–Kier alpha value is -2.93. The van der Waals surface area contributed by atoms with E-state index >= 15 is 0 Å². The van der Waals surface area contributed by atoms with E-state index in [1.54, 1.807) is 27.9 Å². The normalized spacial score (nSPS) is 16.5. The zero-order valence-corrected chi connectivity index (χ0v) is 34.6. The molecule has 1 aliphatic rings. The molecule has 53 heavy (non-hydrogen) atoms. The second-order valence-electron chi connectivity index (χ2n) is 16.5. The molecule has 304 valence electrons. The number of hydrogen-bond donors (Lipinski definition) is 4. The smallest absolute Gasteiger partial charge is 0.407 e. The first kappa shape index (κ1) is 46.2. The molecule has 0 saturated carbocycles. The highest BCUT2D eigenvalue weighted by atomic mass is 16.6. The van der Waals surface area contributed by atoms with Crippen molar-refractivity contribution in [2.45, 2.75) is 118 Å². The van der Waals surface area contributed by atoms with E-state index < -0.39 is 29.8 Å². The van der Waals surface area contributed by atoms with Gasteiger partial charge >= 0.3 is 6.09 Å². The average Bonchev–Trinajstić information content (AvgIpc) is 3.08. The fraction of sp³-hybridized carbons (Fsp3) is 0.780. The van der Waals surface area contributed by atoms with Crippen molar-refractivity contribution in [3.05, 3.63) is 29.3 Å². The Balaban J connectivity index is 2.25. The van der Waals surface area contributed by atoms with Crippen LogP contribution in [0.4, 0.5) is 4.79 Å². The number of carbonyl (C=O) groups is 3. The van der Waals surface area contributed by atoms with Crippen LogP contribution in [0.25, 0.3) is 0 Å². The predicted octanol–water partition coefficient (Wildman–Crippen LogP) is 5.46. The molecule has 12 nitrogen and oxygen atoms in total. The van der Waals surface area contributed by atoms with Gasteiger partial charge in [-0.25, -0.2) is 4.79 Å². The number of likely N-dealkylation sites (N-methyl/N-ethyl adjacent to an activating group) is 1. The zero-order chi connectivity index (χ0) is 39.6. The number of methoxy groups -OCH3 is 1. The molecule has 1 aromatic carbocycles. The zero-order valence-electron chi connectivity index (χ0n) is 34.6. The molecule has 0 spiro atoms. The lowest BCUT2D eigenvalue weighted by atomic mass is 9.82. The maximum absolute atomic E-state index is 13.8. The Morgan fingerprint density at radius 3 is 2.21 bits per heavy atom. The number of aliphatic hydroxyl groups excluding tert-OH is 1. The number of hydrogen-bond acceptors (Lipinski definition) is 9. The van der Waals surface area contributed by atoms with E-state index in [1.807, 2.05) is 32.0 Å². The summed E-state index contributed by atoms with van der Waals surface area (Å²) in [6, 6.07) is 5.14. The number of ether oxygens (including phenoxy) is 3. The van der Waals surface area contributed by atoms with Crippen molar-refractivity contribution in [3.8, 4) is 5.75 Å². The number of unbranched alkanes of at least 4 members (excludes halogenated alkanes) is 2. The van der Waals surface area contributed by atoms with E-state index in [-0.39, 0.29) is 36.0 Å². The maximum Gasteiger partial charge on any atom is 0.407 e. The topological polar surface area (TPSA) is 142 Å². The van der Waals surface area contributed by atoms with Crippen LogP contribution in [-0.4, -0.2) is 117 Å². The van der Waals surface area contributed by atoms with E-state index in [1.165, 1.54) is 0 Å². The average molecular weight is 748 g/mol. The first-order valence-corrected chi connectivity index (χ1v) is 19.9. The van der Waals surface area contributed by atoms with Gasteiger partial charge in [-0.3, -0.25) is 14.5 Å².